The molecule has 10 nitrogen and oxygen atoms in total. The van der Waals surface area contributed by atoms with Crippen molar-refractivity contribution in [2.75, 3.05) is 6.26 Å². The molecule has 0 bridgehead atoms. The van der Waals surface area contributed by atoms with Gasteiger partial charge in [-0.15, -0.1) is 0 Å². The predicted octanol–water partition coefficient (Wildman–Crippen LogP) is 7.42. The molecule has 0 unspecified atom stereocenters. The van der Waals surface area contributed by atoms with Crippen LogP contribution in [0.15, 0.2) is 99.2 Å². The Kier molecular flexibility index (Phi) is 12.5. The molecule has 0 fully saturated rings. The maximum absolute atomic E-state index is 11.5. The van der Waals surface area contributed by atoms with Gasteiger partial charge < -0.3 is 9.72 Å². The first-order valence-electron chi connectivity index (χ1n) is 15.1. The summed E-state index contributed by atoms with van der Waals surface area (Å²) in [7, 11) is -3.02. The highest BCUT2D eigenvalue weighted by molar-refractivity contribution is 7.90. The Morgan fingerprint density at radius 3 is 1.77 bits per heavy atom. The summed E-state index contributed by atoms with van der Waals surface area (Å²) in [6, 6.07) is 25.6. The Labute approximate surface area is 281 Å². The Morgan fingerprint density at radius 1 is 0.708 bits per heavy atom. The third-order valence-electron chi connectivity index (χ3n) is 6.52. The molecule has 48 heavy (non-hydrogen) atoms. The van der Waals surface area contributed by atoms with Crippen LogP contribution in [-0.2, 0) is 14.6 Å². The first-order chi connectivity index (χ1) is 22.4. The Hall–Kier alpha value is -5.16. The molecule has 0 aliphatic carbocycles. The zero-order chi connectivity index (χ0) is 35.6. The maximum Gasteiger partial charge on any atom is 0.338 e. The van der Waals surface area contributed by atoms with E-state index in [-0.39, 0.29) is 11.5 Å². The third-order valence-corrected chi connectivity index (χ3v) is 7.65. The molecule has 0 saturated carbocycles. The zero-order valence-electron chi connectivity index (χ0n) is 28.8. The van der Waals surface area contributed by atoms with Gasteiger partial charge in [-0.1, -0.05) is 53.1 Å². The van der Waals surface area contributed by atoms with Crippen LogP contribution in [-0.4, -0.2) is 46.5 Å². The molecule has 252 valence electrons. The number of carbonyl (C=O) groups excluding carboxylic acids is 1. The van der Waals surface area contributed by atoms with Crippen molar-refractivity contribution in [3.05, 3.63) is 129 Å². The van der Waals surface area contributed by atoms with E-state index in [1.165, 1.54) is 11.8 Å². The topological polar surface area (TPSA) is 145 Å². The molecule has 0 atom stereocenters. The number of aromatic nitrogens is 4. The maximum atomic E-state index is 11.5. The summed E-state index contributed by atoms with van der Waals surface area (Å²) in [5.74, 6) is 0.388. The van der Waals surface area contributed by atoms with Gasteiger partial charge in [0.2, 0.25) is 0 Å². The van der Waals surface area contributed by atoms with Gasteiger partial charge in [0.15, 0.2) is 9.84 Å². The fraction of sp³-hybridized carbons (Fsp3) is 0.270. The molecule has 0 saturated heterocycles. The summed E-state index contributed by atoms with van der Waals surface area (Å²) in [6.07, 6.45) is 1.21. The number of hydrogen-bond acceptors (Lipinski definition) is 9. The second-order valence-electron chi connectivity index (χ2n) is 12.4. The van der Waals surface area contributed by atoms with Crippen LogP contribution in [0, 0.1) is 34.6 Å². The number of nitrogens with one attached hydrogen (secondary N) is 1. The van der Waals surface area contributed by atoms with E-state index in [1.807, 2.05) is 97.0 Å². The summed E-state index contributed by atoms with van der Waals surface area (Å²) in [5.41, 5.74) is 6.94. The molecular weight excluding hydrogens is 628 g/mol. The van der Waals surface area contributed by atoms with Gasteiger partial charge in [0.05, 0.1) is 21.4 Å². The molecule has 2 aromatic heterocycles. The molecule has 0 spiro atoms. The van der Waals surface area contributed by atoms with E-state index in [1.54, 1.807) is 43.3 Å². The molecule has 0 aliphatic rings. The second-order valence-corrected chi connectivity index (χ2v) is 14.4. The van der Waals surface area contributed by atoms with Crippen molar-refractivity contribution in [2.24, 2.45) is 0 Å². The Bertz CT molecular complexity index is 2150. The fourth-order valence-corrected chi connectivity index (χ4v) is 4.70. The van der Waals surface area contributed by atoms with Crippen molar-refractivity contribution in [3.63, 3.8) is 0 Å². The monoisotopic (exact) mass is 670 g/mol. The molecular formula is C37H42N4O6S. The smallest absolute Gasteiger partial charge is 0.338 e. The number of aryl methyl sites for hydroxylation is 5. The van der Waals surface area contributed by atoms with Crippen LogP contribution in [0.4, 0.5) is 0 Å². The second kappa shape index (κ2) is 16.1. The van der Waals surface area contributed by atoms with E-state index in [4.69, 9.17) is 4.74 Å². The van der Waals surface area contributed by atoms with E-state index >= 15 is 0 Å². The quantitative estimate of drug-likeness (QED) is 0.186. The van der Waals surface area contributed by atoms with Crippen LogP contribution in [0.25, 0.3) is 21.9 Å². The van der Waals surface area contributed by atoms with E-state index in [0.29, 0.717) is 21.7 Å². The van der Waals surface area contributed by atoms with E-state index in [0.717, 1.165) is 33.2 Å². The summed E-state index contributed by atoms with van der Waals surface area (Å²) < 4.78 is 31.6. The number of nitrogens with zero attached hydrogens (tertiary/aromatic N) is 3. The first-order valence-corrected chi connectivity index (χ1v) is 17.0. The van der Waals surface area contributed by atoms with Crippen LogP contribution in [0.1, 0.15) is 59.2 Å². The number of H-pyrrole nitrogens is 1. The minimum Gasteiger partial charge on any atom is -0.456 e. The standard InChI is InChI=1S/C12H16O2.C10H10N2O.C8H10O2S.C7H6N2O/c1-9-5-7-10(8-6-9)11(13)14-12(2,3)4;1-6-3-4-9-8(5-6)10(13)12-7(2)11-9;1-7-3-5-8(6-4-7)11(2,9)10;1-5-2-3-6-7(4-5)9-10-8-6/h5-8H,1-4H3;3-5H,1-2H3,(H,11,12,13);3-6H,1-2H3;2-4H,1H3. The van der Waals surface area contributed by atoms with Crippen LogP contribution in [0.2, 0.25) is 0 Å². The number of ether oxygens (including phenoxy) is 1. The third kappa shape index (κ3) is 11.9. The molecule has 0 aliphatic heterocycles. The number of sulfone groups is 1. The van der Waals surface area contributed by atoms with Gasteiger partial charge in [-0.2, -0.15) is 0 Å². The largest absolute Gasteiger partial charge is 0.456 e. The molecule has 11 heteroatoms. The average Bonchev–Trinajstić information content (AvgIpc) is 3.46. The van der Waals surface area contributed by atoms with Crippen LogP contribution < -0.4 is 5.56 Å². The minimum atomic E-state index is -3.02. The lowest BCUT2D eigenvalue weighted by atomic mass is 10.1. The van der Waals surface area contributed by atoms with Crippen molar-refractivity contribution in [3.8, 4) is 0 Å². The van der Waals surface area contributed by atoms with Crippen molar-refractivity contribution in [1.29, 1.82) is 0 Å². The van der Waals surface area contributed by atoms with E-state index in [2.05, 4.69) is 24.9 Å². The lowest BCUT2D eigenvalue weighted by molar-refractivity contribution is 0.00694. The van der Waals surface area contributed by atoms with Crippen molar-refractivity contribution >= 4 is 37.7 Å². The normalized spacial score (nSPS) is 10.9. The van der Waals surface area contributed by atoms with E-state index < -0.39 is 15.4 Å². The highest BCUT2D eigenvalue weighted by Gasteiger charge is 2.17. The van der Waals surface area contributed by atoms with Gasteiger partial charge >= 0.3 is 5.97 Å². The van der Waals surface area contributed by atoms with Crippen LogP contribution >= 0.6 is 0 Å². The summed E-state index contributed by atoms with van der Waals surface area (Å²) >= 11 is 0. The highest BCUT2D eigenvalue weighted by atomic mass is 32.2. The number of benzene rings is 4. The number of carbonyl (C=O) groups is 1. The van der Waals surface area contributed by atoms with Crippen molar-refractivity contribution < 1.29 is 22.6 Å². The minimum absolute atomic E-state index is 0.0637. The molecule has 2 heterocycles. The number of fused-ring (bicyclic) bond motifs is 2. The van der Waals surface area contributed by atoms with E-state index in [9.17, 15) is 18.0 Å². The molecule has 1 N–H and O–H groups in total. The van der Waals surface area contributed by atoms with Gasteiger partial charge in [-0.3, -0.25) is 4.79 Å². The first kappa shape index (κ1) is 37.3. The molecule has 0 amide bonds. The van der Waals surface area contributed by atoms with Crippen LogP contribution in [0.3, 0.4) is 0 Å². The zero-order valence-corrected chi connectivity index (χ0v) is 29.6. The van der Waals surface area contributed by atoms with Gasteiger partial charge in [0.25, 0.3) is 5.56 Å². The van der Waals surface area contributed by atoms with Crippen LogP contribution in [0.5, 0.6) is 0 Å². The predicted molar refractivity (Wildman–Crippen MR) is 189 cm³/mol. The number of aromatic amines is 1. The summed E-state index contributed by atoms with van der Waals surface area (Å²) in [5, 5.41) is 8.03. The molecule has 6 rings (SSSR count). The summed E-state index contributed by atoms with van der Waals surface area (Å²) in [4.78, 5) is 30.3. The van der Waals surface area contributed by atoms with Gasteiger partial charge in [0.1, 0.15) is 22.5 Å². The fourth-order valence-electron chi connectivity index (χ4n) is 4.07. The van der Waals surface area contributed by atoms with Gasteiger partial charge in [-0.25, -0.2) is 22.8 Å². The lowest BCUT2D eigenvalue weighted by Gasteiger charge is -2.19. The highest BCUT2D eigenvalue weighted by Crippen LogP contribution is 2.13. The molecule has 0 radical (unpaired) electrons. The lowest BCUT2D eigenvalue weighted by Crippen LogP contribution is -2.23. The SMILES string of the molecule is Cc1ccc(C(=O)OC(C)(C)C)cc1.Cc1ccc(S(C)(=O)=O)cc1.Cc1ccc2nc(C)[nH]c(=O)c2c1.Cc1ccc2nonc2c1. The molecule has 6 aromatic rings. The number of hydrogen-bond donors (Lipinski definition) is 1. The number of rotatable bonds is 2. The molecule has 4 aromatic carbocycles. The van der Waals surface area contributed by atoms with Crippen molar-refractivity contribution in [1.82, 2.24) is 20.3 Å². The Morgan fingerprint density at radius 2 is 1.21 bits per heavy atom. The van der Waals surface area contributed by atoms with Gasteiger partial charge in [0, 0.05) is 6.26 Å². The summed E-state index contributed by atoms with van der Waals surface area (Å²) in [6.45, 7) is 15.2. The van der Waals surface area contributed by atoms with Gasteiger partial charge in [-0.05, 0) is 120 Å². The Balaban J connectivity index is 0.000000175. The van der Waals surface area contributed by atoms with Crippen molar-refractivity contribution in [2.45, 2.75) is 65.9 Å². The average molecular weight is 671 g/mol. The number of esters is 1.